The highest BCUT2D eigenvalue weighted by molar-refractivity contribution is 5.54. The van der Waals surface area contributed by atoms with Crippen LogP contribution in [0.25, 0.3) is 0 Å². The van der Waals surface area contributed by atoms with Gasteiger partial charge in [0.15, 0.2) is 0 Å². The summed E-state index contributed by atoms with van der Waals surface area (Å²) >= 11 is 0. The minimum absolute atomic E-state index is 0.0474. The van der Waals surface area contributed by atoms with E-state index < -0.39 is 0 Å². The first-order valence-corrected chi connectivity index (χ1v) is 6.75. The van der Waals surface area contributed by atoms with Crippen LogP contribution in [0.5, 0.6) is 0 Å². The summed E-state index contributed by atoms with van der Waals surface area (Å²) in [5.74, 6) is -0.124. The summed E-state index contributed by atoms with van der Waals surface area (Å²) in [6.45, 7) is 16.0. The van der Waals surface area contributed by atoms with Gasteiger partial charge in [0.2, 0.25) is 0 Å². The van der Waals surface area contributed by atoms with Gasteiger partial charge in [-0.1, -0.05) is 0 Å². The van der Waals surface area contributed by atoms with Gasteiger partial charge in [0.05, 0.1) is 23.4 Å². The van der Waals surface area contributed by atoms with Crippen molar-refractivity contribution >= 4 is 6.29 Å². The maximum Gasteiger partial charge on any atom is 0.125 e. The SMILES string of the molecule is CC(CC(C=O)C(C)OC(C)(C)C)OC(C)(C)C. The number of hydrogen-bond acceptors (Lipinski definition) is 3. The Morgan fingerprint density at radius 2 is 1.39 bits per heavy atom. The van der Waals surface area contributed by atoms with Crippen LogP contribution >= 0.6 is 0 Å². The van der Waals surface area contributed by atoms with Gasteiger partial charge in [-0.05, 0) is 61.8 Å². The highest BCUT2D eigenvalue weighted by Gasteiger charge is 2.26. The molecule has 0 aliphatic heterocycles. The summed E-state index contributed by atoms with van der Waals surface area (Å²) in [6.07, 6.45) is 1.64. The molecule has 0 spiro atoms. The van der Waals surface area contributed by atoms with Gasteiger partial charge < -0.3 is 14.3 Å². The molecule has 0 N–H and O–H groups in total. The molecule has 0 aliphatic carbocycles. The molecule has 0 radical (unpaired) electrons. The Balaban J connectivity index is 4.38. The van der Waals surface area contributed by atoms with Gasteiger partial charge in [0.25, 0.3) is 0 Å². The number of carbonyl (C=O) groups excluding carboxylic acids is 1. The van der Waals surface area contributed by atoms with Crippen molar-refractivity contribution < 1.29 is 14.3 Å². The Morgan fingerprint density at radius 3 is 1.72 bits per heavy atom. The third-order valence-corrected chi connectivity index (χ3v) is 2.48. The monoisotopic (exact) mass is 258 g/mol. The predicted octanol–water partition coefficient (Wildman–Crippen LogP) is 3.60. The molecule has 0 amide bonds. The van der Waals surface area contributed by atoms with Gasteiger partial charge >= 0.3 is 0 Å². The summed E-state index contributed by atoms with van der Waals surface area (Å²) in [5.41, 5.74) is -0.407. The summed E-state index contributed by atoms with van der Waals surface area (Å²) in [6, 6.07) is 0. The lowest BCUT2D eigenvalue weighted by Gasteiger charge is -2.31. The number of rotatable bonds is 6. The van der Waals surface area contributed by atoms with Crippen molar-refractivity contribution in [2.75, 3.05) is 0 Å². The summed E-state index contributed by atoms with van der Waals surface area (Å²) in [5, 5.41) is 0. The van der Waals surface area contributed by atoms with Gasteiger partial charge in [-0.2, -0.15) is 0 Å². The van der Waals surface area contributed by atoms with Crippen LogP contribution in [-0.4, -0.2) is 29.7 Å². The van der Waals surface area contributed by atoms with E-state index in [9.17, 15) is 4.79 Å². The zero-order valence-corrected chi connectivity index (χ0v) is 13.2. The van der Waals surface area contributed by atoms with Gasteiger partial charge in [-0.15, -0.1) is 0 Å². The zero-order valence-electron chi connectivity index (χ0n) is 13.2. The maximum absolute atomic E-state index is 11.2. The van der Waals surface area contributed by atoms with E-state index in [0.717, 1.165) is 6.29 Å². The van der Waals surface area contributed by atoms with Crippen molar-refractivity contribution in [1.29, 1.82) is 0 Å². The second-order valence-electron chi connectivity index (χ2n) is 7.01. The molecule has 0 heterocycles. The summed E-state index contributed by atoms with van der Waals surface area (Å²) < 4.78 is 11.7. The van der Waals surface area contributed by atoms with Gasteiger partial charge in [0.1, 0.15) is 6.29 Å². The second-order valence-corrected chi connectivity index (χ2v) is 7.01. The molecule has 18 heavy (non-hydrogen) atoms. The summed E-state index contributed by atoms with van der Waals surface area (Å²) in [4.78, 5) is 11.2. The van der Waals surface area contributed by atoms with Crippen molar-refractivity contribution in [2.45, 2.75) is 85.2 Å². The molecule has 0 aromatic carbocycles. The number of ether oxygens (including phenoxy) is 2. The van der Waals surface area contributed by atoms with Crippen molar-refractivity contribution in [3.05, 3.63) is 0 Å². The Hall–Kier alpha value is -0.410. The van der Waals surface area contributed by atoms with Crippen LogP contribution in [0.15, 0.2) is 0 Å². The number of aldehydes is 1. The summed E-state index contributed by atoms with van der Waals surface area (Å²) in [7, 11) is 0. The van der Waals surface area contributed by atoms with Crippen LogP contribution in [0.4, 0.5) is 0 Å². The first-order chi connectivity index (χ1) is 7.94. The normalized spacial score (nSPS) is 18.2. The fourth-order valence-electron chi connectivity index (χ4n) is 2.04. The Labute approximate surface area is 112 Å². The highest BCUT2D eigenvalue weighted by Crippen LogP contribution is 2.22. The average Bonchev–Trinajstić information content (AvgIpc) is 2.07. The predicted molar refractivity (Wildman–Crippen MR) is 74.8 cm³/mol. The number of hydrogen-bond donors (Lipinski definition) is 0. The van der Waals surface area contributed by atoms with E-state index in [1.165, 1.54) is 0 Å². The van der Waals surface area contributed by atoms with Crippen molar-refractivity contribution in [1.82, 2.24) is 0 Å². The quantitative estimate of drug-likeness (QED) is 0.683. The fourth-order valence-corrected chi connectivity index (χ4v) is 2.04. The molecule has 3 unspecified atom stereocenters. The molecule has 3 nitrogen and oxygen atoms in total. The second kappa shape index (κ2) is 6.67. The van der Waals surface area contributed by atoms with Crippen molar-refractivity contribution in [3.8, 4) is 0 Å². The van der Waals surface area contributed by atoms with Crippen LogP contribution in [0, 0.1) is 5.92 Å². The molecule has 3 atom stereocenters. The number of carbonyl (C=O) groups is 1. The largest absolute Gasteiger partial charge is 0.373 e. The lowest BCUT2D eigenvalue weighted by atomic mass is 9.97. The van der Waals surface area contributed by atoms with Crippen LogP contribution in [0.1, 0.15) is 61.8 Å². The van der Waals surface area contributed by atoms with Crippen LogP contribution < -0.4 is 0 Å². The van der Waals surface area contributed by atoms with Gasteiger partial charge in [0, 0.05) is 5.92 Å². The molecule has 0 saturated carbocycles. The van der Waals surface area contributed by atoms with E-state index in [2.05, 4.69) is 0 Å². The minimum Gasteiger partial charge on any atom is -0.373 e. The van der Waals surface area contributed by atoms with Crippen molar-refractivity contribution in [2.24, 2.45) is 5.92 Å². The highest BCUT2D eigenvalue weighted by atomic mass is 16.5. The Bertz CT molecular complexity index is 247. The molecular weight excluding hydrogens is 228 g/mol. The van der Waals surface area contributed by atoms with E-state index in [4.69, 9.17) is 9.47 Å². The molecule has 0 aromatic rings. The Morgan fingerprint density at radius 1 is 0.944 bits per heavy atom. The molecule has 108 valence electrons. The van der Waals surface area contributed by atoms with E-state index in [-0.39, 0.29) is 29.3 Å². The van der Waals surface area contributed by atoms with E-state index in [1.807, 2.05) is 55.4 Å². The van der Waals surface area contributed by atoms with Gasteiger partial charge in [-0.25, -0.2) is 0 Å². The first kappa shape index (κ1) is 17.6. The van der Waals surface area contributed by atoms with E-state index in [0.29, 0.717) is 6.42 Å². The van der Waals surface area contributed by atoms with Crippen LogP contribution in [-0.2, 0) is 14.3 Å². The van der Waals surface area contributed by atoms with E-state index >= 15 is 0 Å². The van der Waals surface area contributed by atoms with Crippen LogP contribution in [0.2, 0.25) is 0 Å². The standard InChI is InChI=1S/C15H30O3/c1-11(17-14(3,4)5)9-13(10-16)12(2)18-15(6,7)8/h10-13H,9H2,1-8H3. The molecule has 0 rings (SSSR count). The lowest BCUT2D eigenvalue weighted by molar-refractivity contribution is -0.128. The third-order valence-electron chi connectivity index (χ3n) is 2.48. The molecule has 0 aliphatic rings. The lowest BCUT2D eigenvalue weighted by Crippen LogP contribution is -2.35. The Kier molecular flexibility index (Phi) is 6.52. The first-order valence-electron chi connectivity index (χ1n) is 6.75. The minimum atomic E-state index is -0.227. The molecule has 0 saturated heterocycles. The van der Waals surface area contributed by atoms with Gasteiger partial charge in [-0.3, -0.25) is 0 Å². The molecular formula is C15H30O3. The molecule has 0 fully saturated rings. The van der Waals surface area contributed by atoms with Crippen LogP contribution in [0.3, 0.4) is 0 Å². The van der Waals surface area contributed by atoms with E-state index in [1.54, 1.807) is 0 Å². The average molecular weight is 258 g/mol. The topological polar surface area (TPSA) is 35.5 Å². The smallest absolute Gasteiger partial charge is 0.125 e. The molecule has 0 aromatic heterocycles. The molecule has 0 bridgehead atoms. The zero-order chi connectivity index (χ0) is 14.6. The fraction of sp³-hybridized carbons (Fsp3) is 0.933. The third kappa shape index (κ3) is 8.65. The van der Waals surface area contributed by atoms with Crippen molar-refractivity contribution in [3.63, 3.8) is 0 Å². The molecule has 3 heteroatoms. The maximum atomic E-state index is 11.2.